The predicted octanol–water partition coefficient (Wildman–Crippen LogP) is 0.979. The van der Waals surface area contributed by atoms with Crippen molar-refractivity contribution < 1.29 is 4.79 Å². The van der Waals surface area contributed by atoms with Gasteiger partial charge in [0.15, 0.2) is 0 Å². The van der Waals surface area contributed by atoms with E-state index in [9.17, 15) is 4.79 Å². The van der Waals surface area contributed by atoms with Gasteiger partial charge in [0.05, 0.1) is 0 Å². The first-order chi connectivity index (χ1) is 4.72. The molecule has 0 aromatic carbocycles. The van der Waals surface area contributed by atoms with E-state index in [1.54, 1.807) is 0 Å². The third-order valence-corrected chi connectivity index (χ3v) is 4.19. The molecule has 0 rings (SSSR count). The molecule has 3 heteroatoms. The van der Waals surface area contributed by atoms with Crippen LogP contribution in [-0.4, -0.2) is 26.8 Å². The average Bonchev–Trinajstić information content (AvgIpc) is 1.89. The van der Waals surface area contributed by atoms with Crippen LogP contribution in [0.25, 0.3) is 0 Å². The van der Waals surface area contributed by atoms with Gasteiger partial charge in [-0.15, -0.1) is 0 Å². The van der Waals surface area contributed by atoms with Crippen LogP contribution in [0, 0.1) is 0 Å². The molecule has 0 spiro atoms. The summed E-state index contributed by atoms with van der Waals surface area (Å²) in [6, 6.07) is 0. The quantitative estimate of drug-likeness (QED) is 0.577. The van der Waals surface area contributed by atoms with Crippen molar-refractivity contribution in [3.63, 3.8) is 0 Å². The van der Waals surface area contributed by atoms with Crippen LogP contribution in [0.15, 0.2) is 12.7 Å². The Morgan fingerprint density at radius 2 is 2.50 bits per heavy atom. The van der Waals surface area contributed by atoms with Crippen LogP contribution in [0.5, 0.6) is 0 Å². The van der Waals surface area contributed by atoms with Gasteiger partial charge >= 0.3 is 71.8 Å². The fourth-order valence-corrected chi connectivity index (χ4v) is 2.37. The molecule has 0 fully saturated rings. The summed E-state index contributed by atoms with van der Waals surface area (Å²) in [5, 5.41) is 0. The van der Waals surface area contributed by atoms with E-state index >= 15 is 0 Å². The number of carbonyl (C=O) groups excluding carboxylic acids is 1. The second-order valence-electron chi connectivity index (χ2n) is 1.99. The van der Waals surface area contributed by atoms with Crippen LogP contribution in [0.1, 0.15) is 12.8 Å². The predicted molar refractivity (Wildman–Crippen MR) is 44.0 cm³/mol. The van der Waals surface area contributed by atoms with E-state index in [0.717, 1.165) is 12.8 Å². The zero-order chi connectivity index (χ0) is 7.98. The standard InChI is InChI=1S/C7H13NOTe/c1-3-4-5-6(10-2)7(8)9/h3,6H,1,4-5H2,2H3,(H2,8,9). The minimum absolute atomic E-state index is 0.133. The normalized spacial score (nSPS) is 12.5. The van der Waals surface area contributed by atoms with Crippen molar-refractivity contribution in [2.24, 2.45) is 5.73 Å². The summed E-state index contributed by atoms with van der Waals surface area (Å²) in [7, 11) is 0. The van der Waals surface area contributed by atoms with E-state index in [2.05, 4.69) is 11.6 Å². The molecule has 0 saturated heterocycles. The topological polar surface area (TPSA) is 43.1 Å². The molecule has 0 aromatic rings. The van der Waals surface area contributed by atoms with Crippen molar-refractivity contribution in [2.75, 3.05) is 0 Å². The third-order valence-electron chi connectivity index (χ3n) is 1.23. The van der Waals surface area contributed by atoms with Crippen LogP contribution in [0.2, 0.25) is 8.94 Å². The van der Waals surface area contributed by atoms with Crippen LogP contribution in [-0.2, 0) is 4.79 Å². The van der Waals surface area contributed by atoms with E-state index < -0.39 is 0 Å². The van der Waals surface area contributed by atoms with Crippen molar-refractivity contribution in [3.05, 3.63) is 12.7 Å². The molecule has 1 atom stereocenters. The Kier molecular flexibility index (Phi) is 5.76. The molecule has 0 radical (unpaired) electrons. The SMILES string of the molecule is C=CCCC([Te]C)C(N)=O. The Morgan fingerprint density at radius 1 is 1.90 bits per heavy atom. The molecular formula is C7H13NOTe. The fraction of sp³-hybridized carbons (Fsp3) is 0.571. The van der Waals surface area contributed by atoms with Crippen LogP contribution in [0.3, 0.4) is 0 Å². The summed E-state index contributed by atoms with van der Waals surface area (Å²) in [6.45, 7) is 3.59. The number of rotatable bonds is 5. The first-order valence-electron chi connectivity index (χ1n) is 3.15. The Bertz CT molecular complexity index is 125. The number of carbonyl (C=O) groups is 1. The summed E-state index contributed by atoms with van der Waals surface area (Å²) in [5.74, 6) is -0.133. The van der Waals surface area contributed by atoms with Gasteiger partial charge in [-0.25, -0.2) is 0 Å². The molecule has 2 nitrogen and oxygen atoms in total. The number of hydrogen-bond acceptors (Lipinski definition) is 1. The van der Waals surface area contributed by atoms with Gasteiger partial charge in [0, 0.05) is 0 Å². The molecule has 1 unspecified atom stereocenters. The number of primary amides is 1. The zero-order valence-electron chi connectivity index (χ0n) is 6.17. The van der Waals surface area contributed by atoms with Crippen LogP contribution < -0.4 is 5.73 Å². The number of hydrogen-bond donors (Lipinski definition) is 1. The van der Waals surface area contributed by atoms with Crippen molar-refractivity contribution in [3.8, 4) is 0 Å². The molecule has 0 aliphatic carbocycles. The van der Waals surface area contributed by atoms with Crippen LogP contribution in [0.4, 0.5) is 0 Å². The van der Waals surface area contributed by atoms with Crippen molar-refractivity contribution in [1.82, 2.24) is 0 Å². The van der Waals surface area contributed by atoms with E-state index in [4.69, 9.17) is 5.73 Å². The van der Waals surface area contributed by atoms with Crippen LogP contribution >= 0.6 is 0 Å². The second kappa shape index (κ2) is 5.76. The third kappa shape index (κ3) is 3.92. The van der Waals surface area contributed by atoms with E-state index in [1.807, 2.05) is 6.08 Å². The molecule has 0 aromatic heterocycles. The first-order valence-corrected chi connectivity index (χ1v) is 6.83. The summed E-state index contributed by atoms with van der Waals surface area (Å²) in [4.78, 5) is 12.8. The Morgan fingerprint density at radius 3 is 2.80 bits per heavy atom. The zero-order valence-corrected chi connectivity index (χ0v) is 8.50. The summed E-state index contributed by atoms with van der Waals surface area (Å²) < 4.78 is 0.170. The van der Waals surface area contributed by atoms with Gasteiger partial charge in [0.1, 0.15) is 0 Å². The molecule has 0 aliphatic heterocycles. The first kappa shape index (κ1) is 10.00. The molecule has 1 amide bonds. The van der Waals surface area contributed by atoms with Gasteiger partial charge < -0.3 is 0 Å². The molecule has 2 N–H and O–H groups in total. The average molecular weight is 255 g/mol. The Hall–Kier alpha value is -0.000390. The van der Waals surface area contributed by atoms with Crippen molar-refractivity contribution in [2.45, 2.75) is 21.8 Å². The van der Waals surface area contributed by atoms with E-state index in [1.165, 1.54) is 0 Å². The van der Waals surface area contributed by atoms with Gasteiger partial charge in [-0.05, 0) is 0 Å². The van der Waals surface area contributed by atoms with Gasteiger partial charge in [0.2, 0.25) is 0 Å². The van der Waals surface area contributed by atoms with Gasteiger partial charge in [0.25, 0.3) is 0 Å². The summed E-state index contributed by atoms with van der Waals surface area (Å²) in [5.41, 5.74) is 5.15. The monoisotopic (exact) mass is 257 g/mol. The molecule has 0 aliphatic rings. The second-order valence-corrected chi connectivity index (χ2v) is 4.96. The number of allylic oxidation sites excluding steroid dienone is 1. The molecule has 0 saturated carbocycles. The van der Waals surface area contributed by atoms with E-state index in [-0.39, 0.29) is 30.8 Å². The maximum absolute atomic E-state index is 10.7. The van der Waals surface area contributed by atoms with E-state index in [0.29, 0.717) is 0 Å². The molecule has 0 bridgehead atoms. The van der Waals surface area contributed by atoms with Crippen molar-refractivity contribution in [1.29, 1.82) is 0 Å². The Labute approximate surface area is 71.9 Å². The molecule has 0 heterocycles. The maximum atomic E-state index is 10.7. The molecule has 58 valence electrons. The fourth-order valence-electron chi connectivity index (χ4n) is 0.645. The molecule has 10 heavy (non-hydrogen) atoms. The summed E-state index contributed by atoms with van der Waals surface area (Å²) in [6.07, 6.45) is 3.64. The Balaban J connectivity index is 3.60. The van der Waals surface area contributed by atoms with Gasteiger partial charge in [-0.3, -0.25) is 0 Å². The van der Waals surface area contributed by atoms with Gasteiger partial charge in [-0.1, -0.05) is 0 Å². The van der Waals surface area contributed by atoms with Crippen molar-refractivity contribution >= 4 is 26.8 Å². The number of nitrogens with two attached hydrogens (primary N) is 1. The number of amides is 1. The summed E-state index contributed by atoms with van der Waals surface area (Å²) >= 11 is -0.192. The molecular weight excluding hydrogens is 242 g/mol. The van der Waals surface area contributed by atoms with Gasteiger partial charge in [-0.2, -0.15) is 0 Å². The minimum atomic E-state index is -0.192.